The number of carbonyl (C=O) groups is 2. The highest BCUT2D eigenvalue weighted by Gasteiger charge is 2.30. The number of piperidine rings is 1. The minimum Gasteiger partial charge on any atom is -0.462 e. The van der Waals surface area contributed by atoms with E-state index in [1.165, 1.54) is 15.6 Å². The number of aromatic nitrogens is 1. The number of aryl methyl sites for hydroxylation is 1. The van der Waals surface area contributed by atoms with E-state index in [-0.39, 0.29) is 18.4 Å². The van der Waals surface area contributed by atoms with Crippen LogP contribution in [0, 0.1) is 5.92 Å². The number of esters is 1. The molecule has 0 aliphatic carbocycles. The summed E-state index contributed by atoms with van der Waals surface area (Å²) in [4.78, 5) is 29.6. The van der Waals surface area contributed by atoms with Gasteiger partial charge in [0.15, 0.2) is 4.80 Å². The number of hydrogen-bond acceptors (Lipinski definition) is 6. The standard InChI is InChI=1S/C19H25N3O5S2/c1-4-22-15-9-8-13(18(24)27-5-2)11-16(15)28-19(22)20-17(23)14-7-6-10-21(12-14)29(3,25)26/h8-9,11,14H,4-7,10,12H2,1-3H3. The van der Waals surface area contributed by atoms with Crippen molar-refractivity contribution in [1.82, 2.24) is 8.87 Å². The summed E-state index contributed by atoms with van der Waals surface area (Å²) in [7, 11) is -3.32. The van der Waals surface area contributed by atoms with Gasteiger partial charge in [-0.15, -0.1) is 0 Å². The third-order valence-corrected chi connectivity index (χ3v) is 7.23. The minimum atomic E-state index is -3.32. The first-order chi connectivity index (χ1) is 13.7. The topological polar surface area (TPSA) is 98.0 Å². The van der Waals surface area contributed by atoms with E-state index in [2.05, 4.69) is 4.99 Å². The van der Waals surface area contributed by atoms with E-state index >= 15 is 0 Å². The molecule has 0 bridgehead atoms. The van der Waals surface area contributed by atoms with Crippen LogP contribution in [0.3, 0.4) is 0 Å². The molecule has 1 fully saturated rings. The highest BCUT2D eigenvalue weighted by Crippen LogP contribution is 2.22. The fourth-order valence-electron chi connectivity index (χ4n) is 3.44. The molecule has 0 saturated carbocycles. The van der Waals surface area contributed by atoms with E-state index in [1.54, 1.807) is 19.1 Å². The number of ether oxygens (including phenoxy) is 1. The Kier molecular flexibility index (Phi) is 6.55. The molecule has 1 aromatic heterocycles. The van der Waals surface area contributed by atoms with E-state index in [4.69, 9.17) is 4.74 Å². The van der Waals surface area contributed by atoms with Crippen molar-refractivity contribution in [1.29, 1.82) is 0 Å². The van der Waals surface area contributed by atoms with E-state index in [0.717, 1.165) is 16.5 Å². The maximum atomic E-state index is 12.8. The number of benzene rings is 1. The van der Waals surface area contributed by atoms with Gasteiger partial charge in [-0.2, -0.15) is 4.99 Å². The Labute approximate surface area is 173 Å². The Balaban J connectivity index is 1.94. The van der Waals surface area contributed by atoms with Gasteiger partial charge in [-0.05, 0) is 44.9 Å². The van der Waals surface area contributed by atoms with Gasteiger partial charge >= 0.3 is 5.97 Å². The Bertz CT molecular complexity index is 1100. The van der Waals surface area contributed by atoms with Gasteiger partial charge in [-0.25, -0.2) is 17.5 Å². The van der Waals surface area contributed by atoms with Crippen LogP contribution < -0.4 is 4.80 Å². The second-order valence-electron chi connectivity index (χ2n) is 6.94. The molecule has 2 aromatic rings. The highest BCUT2D eigenvalue weighted by atomic mass is 32.2. The lowest BCUT2D eigenvalue weighted by atomic mass is 9.99. The Morgan fingerprint density at radius 1 is 1.31 bits per heavy atom. The largest absolute Gasteiger partial charge is 0.462 e. The van der Waals surface area contributed by atoms with Crippen LogP contribution >= 0.6 is 11.3 Å². The van der Waals surface area contributed by atoms with Crippen molar-refractivity contribution < 1.29 is 22.7 Å². The molecule has 0 spiro atoms. The first-order valence-corrected chi connectivity index (χ1v) is 12.2. The molecule has 1 aliphatic heterocycles. The summed E-state index contributed by atoms with van der Waals surface area (Å²) in [6.45, 7) is 5.25. The van der Waals surface area contributed by atoms with Crippen LogP contribution in [0.2, 0.25) is 0 Å². The van der Waals surface area contributed by atoms with Gasteiger partial charge in [0.25, 0.3) is 5.91 Å². The summed E-state index contributed by atoms with van der Waals surface area (Å²) in [6, 6.07) is 5.28. The van der Waals surface area contributed by atoms with Crippen LogP contribution in [0.1, 0.15) is 37.0 Å². The maximum Gasteiger partial charge on any atom is 0.338 e. The lowest BCUT2D eigenvalue weighted by molar-refractivity contribution is -0.122. The van der Waals surface area contributed by atoms with Crippen molar-refractivity contribution >= 4 is 43.5 Å². The zero-order chi connectivity index (χ0) is 21.2. The third-order valence-electron chi connectivity index (χ3n) is 4.92. The van der Waals surface area contributed by atoms with Gasteiger partial charge in [-0.3, -0.25) is 4.79 Å². The van der Waals surface area contributed by atoms with Crippen LogP contribution in [0.4, 0.5) is 0 Å². The predicted octanol–water partition coefficient (Wildman–Crippen LogP) is 2.00. The van der Waals surface area contributed by atoms with E-state index in [0.29, 0.717) is 42.9 Å². The molecule has 3 rings (SSSR count). The van der Waals surface area contributed by atoms with Crippen LogP contribution in [0.25, 0.3) is 10.2 Å². The Hall–Kier alpha value is -2.04. The summed E-state index contributed by atoms with van der Waals surface area (Å²) < 4.78 is 32.8. The summed E-state index contributed by atoms with van der Waals surface area (Å²) in [5.41, 5.74) is 1.34. The van der Waals surface area contributed by atoms with Crippen molar-refractivity contribution in [3.8, 4) is 0 Å². The second-order valence-corrected chi connectivity index (χ2v) is 9.93. The monoisotopic (exact) mass is 439 g/mol. The predicted molar refractivity (Wildman–Crippen MR) is 111 cm³/mol. The van der Waals surface area contributed by atoms with Gasteiger partial charge in [0.1, 0.15) is 0 Å². The zero-order valence-electron chi connectivity index (χ0n) is 16.8. The molecule has 1 aromatic carbocycles. The summed E-state index contributed by atoms with van der Waals surface area (Å²) in [5.74, 6) is -1.13. The van der Waals surface area contributed by atoms with E-state index in [9.17, 15) is 18.0 Å². The minimum absolute atomic E-state index is 0.172. The van der Waals surface area contributed by atoms with E-state index < -0.39 is 15.9 Å². The van der Waals surface area contributed by atoms with Gasteiger partial charge in [0, 0.05) is 19.6 Å². The molecular weight excluding hydrogens is 414 g/mol. The van der Waals surface area contributed by atoms with Gasteiger partial charge in [-0.1, -0.05) is 11.3 Å². The first-order valence-electron chi connectivity index (χ1n) is 9.58. The van der Waals surface area contributed by atoms with E-state index in [1.807, 2.05) is 17.6 Å². The fraction of sp³-hybridized carbons (Fsp3) is 0.526. The average Bonchev–Trinajstić information content (AvgIpc) is 3.03. The van der Waals surface area contributed by atoms with Crippen LogP contribution in [0.5, 0.6) is 0 Å². The SMILES string of the molecule is CCOC(=O)c1ccc2c(c1)sc(=NC(=O)C1CCCN(S(C)(=O)=O)C1)n2CC. The van der Waals surface area contributed by atoms with Crippen LogP contribution in [0.15, 0.2) is 23.2 Å². The lowest BCUT2D eigenvalue weighted by Crippen LogP contribution is -2.41. The number of thiazole rings is 1. The maximum absolute atomic E-state index is 12.8. The Morgan fingerprint density at radius 2 is 2.07 bits per heavy atom. The summed E-state index contributed by atoms with van der Waals surface area (Å²) >= 11 is 1.33. The second kappa shape index (κ2) is 8.76. The number of nitrogens with zero attached hydrogens (tertiary/aromatic N) is 3. The quantitative estimate of drug-likeness (QED) is 0.664. The first kappa shape index (κ1) is 21.7. The van der Waals surface area contributed by atoms with Crippen LogP contribution in [-0.4, -0.2) is 55.1 Å². The molecular formula is C19H25N3O5S2. The molecule has 0 N–H and O–H groups in total. The van der Waals surface area contributed by atoms with Crippen molar-refractivity contribution in [3.63, 3.8) is 0 Å². The lowest BCUT2D eigenvalue weighted by Gasteiger charge is -2.28. The molecule has 1 atom stereocenters. The Morgan fingerprint density at radius 3 is 2.72 bits per heavy atom. The summed E-state index contributed by atoms with van der Waals surface area (Å²) in [5, 5.41) is 0. The van der Waals surface area contributed by atoms with Gasteiger partial charge in [0.05, 0.1) is 34.6 Å². The number of rotatable bonds is 5. The summed E-state index contributed by atoms with van der Waals surface area (Å²) in [6.07, 6.45) is 2.43. The number of carbonyl (C=O) groups excluding carboxylic acids is 2. The number of amides is 1. The molecule has 1 amide bonds. The number of hydrogen-bond donors (Lipinski definition) is 0. The van der Waals surface area contributed by atoms with Crippen molar-refractivity contribution in [2.75, 3.05) is 26.0 Å². The number of sulfonamides is 1. The molecule has 8 nitrogen and oxygen atoms in total. The number of fused-ring (bicyclic) bond motifs is 1. The highest BCUT2D eigenvalue weighted by molar-refractivity contribution is 7.88. The molecule has 10 heteroatoms. The van der Waals surface area contributed by atoms with Gasteiger partial charge in [0.2, 0.25) is 10.0 Å². The molecule has 2 heterocycles. The van der Waals surface area contributed by atoms with Gasteiger partial charge < -0.3 is 9.30 Å². The van der Waals surface area contributed by atoms with Crippen molar-refractivity contribution in [2.45, 2.75) is 33.2 Å². The average molecular weight is 440 g/mol. The third kappa shape index (κ3) is 4.76. The molecule has 1 aliphatic rings. The van der Waals surface area contributed by atoms with Crippen molar-refractivity contribution in [3.05, 3.63) is 28.6 Å². The fourth-order valence-corrected chi connectivity index (χ4v) is 5.49. The molecule has 158 valence electrons. The van der Waals surface area contributed by atoms with Crippen LogP contribution in [-0.2, 0) is 26.1 Å². The van der Waals surface area contributed by atoms with Crippen molar-refractivity contribution in [2.24, 2.45) is 10.9 Å². The molecule has 1 saturated heterocycles. The molecule has 0 radical (unpaired) electrons. The normalized spacial score (nSPS) is 18.9. The molecule has 29 heavy (non-hydrogen) atoms. The smallest absolute Gasteiger partial charge is 0.338 e. The molecule has 1 unspecified atom stereocenters. The zero-order valence-corrected chi connectivity index (χ0v) is 18.4.